The van der Waals surface area contributed by atoms with Gasteiger partial charge >= 0.3 is 11.9 Å². The fourth-order valence-corrected chi connectivity index (χ4v) is 2.33. The average Bonchev–Trinajstić information content (AvgIpc) is 2.37. The summed E-state index contributed by atoms with van der Waals surface area (Å²) in [5.41, 5.74) is -1.00. The third-order valence-electron chi connectivity index (χ3n) is 3.43. The van der Waals surface area contributed by atoms with Gasteiger partial charge in [-0.2, -0.15) is 0 Å². The molecule has 0 amide bonds. The number of carboxylic acids is 1. The largest absolute Gasteiger partial charge is 0.480 e. The molecule has 110 valence electrons. The number of hydrogen-bond donors (Lipinski definition) is 1. The normalized spacial score (nSPS) is 13.8. The Morgan fingerprint density at radius 2 is 1.95 bits per heavy atom. The first-order valence-electron chi connectivity index (χ1n) is 6.50. The Hall–Kier alpha value is -1.55. The molecule has 0 fully saturated rings. The van der Waals surface area contributed by atoms with E-state index in [9.17, 15) is 14.7 Å². The fourth-order valence-electron chi connectivity index (χ4n) is 2.12. The van der Waals surface area contributed by atoms with Gasteiger partial charge in [0.1, 0.15) is 0 Å². The van der Waals surface area contributed by atoms with Crippen molar-refractivity contribution in [3.63, 3.8) is 0 Å². The van der Waals surface area contributed by atoms with Gasteiger partial charge in [-0.15, -0.1) is 0 Å². The molecule has 0 aliphatic heterocycles. The maximum atomic E-state index is 12.2. The van der Waals surface area contributed by atoms with Gasteiger partial charge in [0.05, 0.1) is 6.61 Å². The highest BCUT2D eigenvalue weighted by Gasteiger charge is 2.50. The van der Waals surface area contributed by atoms with Gasteiger partial charge in [0, 0.05) is 11.4 Å². The molecule has 0 aromatic heterocycles. The molecular weight excluding hydrogens is 280 g/mol. The molecule has 4 nitrogen and oxygen atoms in total. The molecule has 1 unspecified atom stereocenters. The molecule has 0 saturated heterocycles. The minimum absolute atomic E-state index is 0.0124. The summed E-state index contributed by atoms with van der Waals surface area (Å²) in [6.07, 6.45) is 0.0124. The summed E-state index contributed by atoms with van der Waals surface area (Å²) in [6, 6.07) is 6.92. The molecule has 1 aromatic rings. The molecule has 1 aromatic carbocycles. The Bertz CT molecular complexity index is 498. The second-order valence-corrected chi connectivity index (χ2v) is 5.33. The zero-order chi connectivity index (χ0) is 15.3. The van der Waals surface area contributed by atoms with E-state index in [1.54, 1.807) is 45.0 Å². The predicted molar refractivity (Wildman–Crippen MR) is 76.7 cm³/mol. The Labute approximate surface area is 123 Å². The van der Waals surface area contributed by atoms with Crippen LogP contribution in [0.3, 0.4) is 0 Å². The van der Waals surface area contributed by atoms with Gasteiger partial charge in [-0.3, -0.25) is 9.59 Å². The average molecular weight is 299 g/mol. The van der Waals surface area contributed by atoms with Crippen molar-refractivity contribution >= 4 is 23.5 Å². The molecular formula is C15H19ClO4. The molecule has 0 aliphatic rings. The second kappa shape index (κ2) is 6.75. The van der Waals surface area contributed by atoms with Crippen LogP contribution in [0.4, 0.5) is 0 Å². The van der Waals surface area contributed by atoms with E-state index in [1.807, 2.05) is 0 Å². The van der Waals surface area contributed by atoms with Gasteiger partial charge in [0.2, 0.25) is 0 Å². The zero-order valence-electron chi connectivity index (χ0n) is 11.9. The van der Waals surface area contributed by atoms with Crippen LogP contribution in [0.15, 0.2) is 24.3 Å². The lowest BCUT2D eigenvalue weighted by atomic mass is 9.72. The van der Waals surface area contributed by atoms with Gasteiger partial charge in [0.25, 0.3) is 0 Å². The monoisotopic (exact) mass is 298 g/mol. The lowest BCUT2D eigenvalue weighted by Crippen LogP contribution is -2.47. The first-order valence-corrected chi connectivity index (χ1v) is 6.88. The van der Waals surface area contributed by atoms with Crippen molar-refractivity contribution in [2.75, 3.05) is 6.61 Å². The maximum Gasteiger partial charge on any atom is 0.324 e. The number of carbonyl (C=O) groups is 2. The maximum absolute atomic E-state index is 12.2. The molecule has 0 heterocycles. The molecule has 1 atom stereocenters. The van der Waals surface area contributed by atoms with Crippen LogP contribution < -0.4 is 0 Å². The van der Waals surface area contributed by atoms with Crippen molar-refractivity contribution in [2.45, 2.75) is 27.2 Å². The number of aliphatic carboxylic acids is 1. The number of benzene rings is 1. The van der Waals surface area contributed by atoms with E-state index in [-0.39, 0.29) is 13.0 Å². The summed E-state index contributed by atoms with van der Waals surface area (Å²) in [6.45, 7) is 5.19. The molecule has 0 aliphatic carbocycles. The number of halogens is 1. The van der Waals surface area contributed by atoms with E-state index < -0.39 is 23.3 Å². The van der Waals surface area contributed by atoms with E-state index >= 15 is 0 Å². The smallest absolute Gasteiger partial charge is 0.324 e. The third-order valence-corrected chi connectivity index (χ3v) is 3.80. The van der Waals surface area contributed by atoms with E-state index in [0.29, 0.717) is 10.6 Å². The van der Waals surface area contributed by atoms with Crippen LogP contribution in [0.1, 0.15) is 26.3 Å². The summed E-state index contributed by atoms with van der Waals surface area (Å²) < 4.78 is 4.98. The number of ether oxygens (including phenoxy) is 1. The third kappa shape index (κ3) is 3.12. The molecule has 0 saturated carbocycles. The van der Waals surface area contributed by atoms with Crippen LogP contribution in [0.25, 0.3) is 0 Å². The minimum Gasteiger partial charge on any atom is -0.480 e. The van der Waals surface area contributed by atoms with E-state index in [0.717, 1.165) is 0 Å². The van der Waals surface area contributed by atoms with E-state index in [2.05, 4.69) is 0 Å². The van der Waals surface area contributed by atoms with Crippen LogP contribution in [0, 0.1) is 11.3 Å². The Morgan fingerprint density at radius 1 is 1.35 bits per heavy atom. The number of carbonyl (C=O) groups excluding carboxylic acids is 1. The molecule has 5 heteroatoms. The van der Waals surface area contributed by atoms with Crippen LogP contribution >= 0.6 is 11.6 Å². The van der Waals surface area contributed by atoms with Crippen molar-refractivity contribution in [1.82, 2.24) is 0 Å². The van der Waals surface area contributed by atoms with Gasteiger partial charge in [-0.25, -0.2) is 0 Å². The highest BCUT2D eigenvalue weighted by atomic mass is 35.5. The van der Waals surface area contributed by atoms with Crippen molar-refractivity contribution in [3.8, 4) is 0 Å². The van der Waals surface area contributed by atoms with Crippen LogP contribution in [0.2, 0.25) is 5.02 Å². The standard InChI is InChI=1S/C15H19ClO4/c1-4-20-14(19)15(10(2)3,13(17)18)9-11-7-5-6-8-12(11)16/h5-8,10H,4,9H2,1-3H3,(H,17,18). The number of carboxylic acid groups (broad SMARTS) is 1. The van der Waals surface area contributed by atoms with Gasteiger partial charge in [-0.05, 0) is 24.5 Å². The zero-order valence-corrected chi connectivity index (χ0v) is 12.6. The molecule has 20 heavy (non-hydrogen) atoms. The van der Waals surface area contributed by atoms with E-state index in [4.69, 9.17) is 16.3 Å². The van der Waals surface area contributed by atoms with Crippen molar-refractivity contribution in [2.24, 2.45) is 11.3 Å². The lowest BCUT2D eigenvalue weighted by Gasteiger charge is -2.31. The quantitative estimate of drug-likeness (QED) is 0.647. The SMILES string of the molecule is CCOC(=O)C(Cc1ccccc1Cl)(C(=O)O)C(C)C. The van der Waals surface area contributed by atoms with Crippen LogP contribution in [-0.2, 0) is 20.7 Å². The van der Waals surface area contributed by atoms with E-state index in [1.165, 1.54) is 0 Å². The molecule has 1 N–H and O–H groups in total. The highest BCUT2D eigenvalue weighted by Crippen LogP contribution is 2.36. The van der Waals surface area contributed by atoms with Gasteiger partial charge in [-0.1, -0.05) is 43.6 Å². The van der Waals surface area contributed by atoms with Crippen LogP contribution in [-0.4, -0.2) is 23.7 Å². The van der Waals surface area contributed by atoms with Crippen molar-refractivity contribution in [3.05, 3.63) is 34.9 Å². The Morgan fingerprint density at radius 3 is 2.40 bits per heavy atom. The van der Waals surface area contributed by atoms with Crippen molar-refractivity contribution in [1.29, 1.82) is 0 Å². The summed E-state index contributed by atoms with van der Waals surface area (Å²) in [5, 5.41) is 10.0. The number of rotatable bonds is 6. The number of esters is 1. The number of hydrogen-bond acceptors (Lipinski definition) is 3. The highest BCUT2D eigenvalue weighted by molar-refractivity contribution is 6.31. The van der Waals surface area contributed by atoms with Crippen molar-refractivity contribution < 1.29 is 19.4 Å². The predicted octanol–water partition coefficient (Wildman–Crippen LogP) is 3.17. The summed E-state index contributed by atoms with van der Waals surface area (Å²) in [4.78, 5) is 24.0. The Kier molecular flexibility index (Phi) is 5.57. The first kappa shape index (κ1) is 16.5. The Balaban J connectivity index is 3.27. The summed E-state index contributed by atoms with van der Waals surface area (Å²) in [7, 11) is 0. The van der Waals surface area contributed by atoms with Gasteiger partial charge in [0.15, 0.2) is 5.41 Å². The molecule has 0 spiro atoms. The summed E-state index contributed by atoms with van der Waals surface area (Å²) in [5.74, 6) is -2.33. The fraction of sp³-hybridized carbons (Fsp3) is 0.467. The van der Waals surface area contributed by atoms with Crippen LogP contribution in [0.5, 0.6) is 0 Å². The summed E-state index contributed by atoms with van der Waals surface area (Å²) >= 11 is 6.08. The second-order valence-electron chi connectivity index (χ2n) is 4.92. The topological polar surface area (TPSA) is 63.6 Å². The molecule has 0 bridgehead atoms. The minimum atomic E-state index is -1.62. The first-order chi connectivity index (χ1) is 9.36. The molecule has 1 rings (SSSR count). The molecule has 0 radical (unpaired) electrons. The lowest BCUT2D eigenvalue weighted by molar-refractivity contribution is -0.172. The van der Waals surface area contributed by atoms with Gasteiger partial charge < -0.3 is 9.84 Å².